The monoisotopic (exact) mass is 256 g/mol. The summed E-state index contributed by atoms with van der Waals surface area (Å²) < 4.78 is 0. The standard InChI is InChI=1S/C14H16N4O/c15-12-8-11-13(17-12)16-9-18(14(11)19)7-6-10-4-2-1-3-5-10/h1-5,8-9,14,17,19H,6-7,15H2. The molecule has 0 aliphatic carbocycles. The molecule has 0 bridgehead atoms. The number of hydrogen-bond donors (Lipinski definition) is 3. The Labute approximate surface area is 111 Å². The number of H-pyrrole nitrogens is 1. The summed E-state index contributed by atoms with van der Waals surface area (Å²) in [6.07, 6.45) is 1.83. The maximum atomic E-state index is 10.3. The number of fused-ring (bicyclic) bond motifs is 1. The summed E-state index contributed by atoms with van der Waals surface area (Å²) in [4.78, 5) is 8.99. The van der Waals surface area contributed by atoms with Gasteiger partial charge in [0.15, 0.2) is 6.23 Å². The minimum atomic E-state index is -0.690. The van der Waals surface area contributed by atoms with Crippen LogP contribution in [-0.4, -0.2) is 27.9 Å². The molecule has 1 aliphatic heterocycles. The zero-order valence-electron chi connectivity index (χ0n) is 10.5. The molecule has 2 aromatic rings. The molecule has 1 aromatic carbocycles. The average molecular weight is 256 g/mol. The molecular formula is C14H16N4O. The molecule has 2 heterocycles. The largest absolute Gasteiger partial charge is 0.385 e. The second-order valence-corrected chi connectivity index (χ2v) is 4.62. The molecule has 1 aromatic heterocycles. The zero-order valence-corrected chi connectivity index (χ0v) is 10.5. The van der Waals surface area contributed by atoms with Crippen LogP contribution in [0.3, 0.4) is 0 Å². The molecule has 0 saturated carbocycles. The fourth-order valence-electron chi connectivity index (χ4n) is 2.24. The Morgan fingerprint density at radius 1 is 1.32 bits per heavy atom. The second-order valence-electron chi connectivity index (χ2n) is 4.62. The molecule has 0 radical (unpaired) electrons. The van der Waals surface area contributed by atoms with E-state index in [9.17, 15) is 5.11 Å². The number of anilines is 1. The van der Waals surface area contributed by atoms with Gasteiger partial charge in [0.05, 0.1) is 6.34 Å². The summed E-state index contributed by atoms with van der Waals surface area (Å²) in [5, 5.41) is 10.3. The van der Waals surface area contributed by atoms with Crippen LogP contribution < -0.4 is 5.73 Å². The van der Waals surface area contributed by atoms with Crippen LogP contribution >= 0.6 is 0 Å². The van der Waals surface area contributed by atoms with Crippen molar-refractivity contribution >= 4 is 18.0 Å². The molecule has 98 valence electrons. The van der Waals surface area contributed by atoms with Crippen molar-refractivity contribution in [1.82, 2.24) is 9.88 Å². The lowest BCUT2D eigenvalue weighted by molar-refractivity contribution is 0.0552. The number of hydrogen-bond acceptors (Lipinski definition) is 4. The fraction of sp³-hybridized carbons (Fsp3) is 0.214. The molecule has 0 fully saturated rings. The number of aliphatic hydroxyl groups is 1. The number of nitrogens with one attached hydrogen (secondary N) is 1. The Bertz CT molecular complexity index is 591. The molecular weight excluding hydrogens is 240 g/mol. The maximum Gasteiger partial charge on any atom is 0.157 e. The van der Waals surface area contributed by atoms with Crippen molar-refractivity contribution in [2.75, 3.05) is 12.3 Å². The number of rotatable bonds is 3. The highest BCUT2D eigenvalue weighted by Crippen LogP contribution is 2.32. The van der Waals surface area contributed by atoms with Crippen molar-refractivity contribution in [2.24, 2.45) is 4.99 Å². The van der Waals surface area contributed by atoms with Crippen LogP contribution in [0.15, 0.2) is 41.4 Å². The molecule has 1 unspecified atom stereocenters. The Balaban J connectivity index is 1.70. The number of nitrogens with zero attached hydrogens (tertiary/aromatic N) is 2. The molecule has 19 heavy (non-hydrogen) atoms. The first kappa shape index (κ1) is 11.8. The van der Waals surface area contributed by atoms with E-state index in [0.29, 0.717) is 18.2 Å². The minimum Gasteiger partial charge on any atom is -0.385 e. The van der Waals surface area contributed by atoms with Gasteiger partial charge in [0.1, 0.15) is 11.6 Å². The lowest BCUT2D eigenvalue weighted by Crippen LogP contribution is -2.31. The second kappa shape index (κ2) is 4.78. The van der Waals surface area contributed by atoms with Crippen LogP contribution in [0.2, 0.25) is 0 Å². The van der Waals surface area contributed by atoms with Crippen LogP contribution in [0.5, 0.6) is 0 Å². The minimum absolute atomic E-state index is 0.520. The van der Waals surface area contributed by atoms with Gasteiger partial charge < -0.3 is 20.7 Å². The number of nitrogens with two attached hydrogens (primary N) is 1. The molecule has 4 N–H and O–H groups in total. The summed E-state index contributed by atoms with van der Waals surface area (Å²) >= 11 is 0. The van der Waals surface area contributed by atoms with Crippen LogP contribution in [0.4, 0.5) is 11.6 Å². The first-order chi connectivity index (χ1) is 9.24. The van der Waals surface area contributed by atoms with Crippen molar-refractivity contribution < 1.29 is 5.11 Å². The summed E-state index contributed by atoms with van der Waals surface area (Å²) in [5.74, 6) is 1.16. The van der Waals surface area contributed by atoms with Gasteiger partial charge in [-0.1, -0.05) is 30.3 Å². The zero-order chi connectivity index (χ0) is 13.2. The SMILES string of the molecule is Nc1cc2c([nH]1)N=CN(CCc1ccccc1)C2O. The molecule has 0 spiro atoms. The molecule has 0 amide bonds. The molecule has 3 rings (SSSR count). The van der Waals surface area contributed by atoms with Crippen molar-refractivity contribution in [2.45, 2.75) is 12.6 Å². The van der Waals surface area contributed by atoms with E-state index in [1.165, 1.54) is 5.56 Å². The maximum absolute atomic E-state index is 10.3. The fourth-order valence-corrected chi connectivity index (χ4v) is 2.24. The number of aromatic nitrogens is 1. The van der Waals surface area contributed by atoms with E-state index in [-0.39, 0.29) is 0 Å². The smallest absolute Gasteiger partial charge is 0.157 e. The normalized spacial score (nSPS) is 17.5. The lowest BCUT2D eigenvalue weighted by Gasteiger charge is -2.28. The molecule has 1 atom stereocenters. The summed E-state index contributed by atoms with van der Waals surface area (Å²) in [6, 6.07) is 11.9. The van der Waals surface area contributed by atoms with Gasteiger partial charge in [0.25, 0.3) is 0 Å². The Hall–Kier alpha value is -2.27. The topological polar surface area (TPSA) is 77.6 Å². The van der Waals surface area contributed by atoms with Crippen LogP contribution in [0, 0.1) is 0 Å². The van der Waals surface area contributed by atoms with Gasteiger partial charge in [0, 0.05) is 12.1 Å². The third-order valence-electron chi connectivity index (χ3n) is 3.28. The first-order valence-corrected chi connectivity index (χ1v) is 6.24. The Kier molecular flexibility index (Phi) is 2.97. The van der Waals surface area contributed by atoms with E-state index >= 15 is 0 Å². The number of benzene rings is 1. The Morgan fingerprint density at radius 2 is 2.11 bits per heavy atom. The lowest BCUT2D eigenvalue weighted by atomic mass is 10.1. The van der Waals surface area contributed by atoms with Crippen molar-refractivity contribution in [1.29, 1.82) is 0 Å². The van der Waals surface area contributed by atoms with Crippen molar-refractivity contribution in [3.63, 3.8) is 0 Å². The quantitative estimate of drug-likeness (QED) is 0.783. The first-order valence-electron chi connectivity index (χ1n) is 6.24. The predicted octanol–water partition coefficient (Wildman–Crippen LogP) is 1.81. The summed E-state index contributed by atoms with van der Waals surface area (Å²) in [5.41, 5.74) is 7.64. The van der Waals surface area contributed by atoms with E-state index in [0.717, 1.165) is 12.0 Å². The summed E-state index contributed by atoms with van der Waals surface area (Å²) in [7, 11) is 0. The van der Waals surface area contributed by atoms with Gasteiger partial charge in [-0.25, -0.2) is 4.99 Å². The third-order valence-corrected chi connectivity index (χ3v) is 3.28. The van der Waals surface area contributed by atoms with Gasteiger partial charge >= 0.3 is 0 Å². The predicted molar refractivity (Wildman–Crippen MR) is 75.2 cm³/mol. The Morgan fingerprint density at radius 3 is 2.89 bits per heavy atom. The molecule has 5 heteroatoms. The van der Waals surface area contributed by atoms with Crippen molar-refractivity contribution in [3.05, 3.63) is 47.5 Å². The number of nitrogen functional groups attached to an aromatic ring is 1. The molecule has 5 nitrogen and oxygen atoms in total. The third kappa shape index (κ3) is 2.32. The van der Waals surface area contributed by atoms with Gasteiger partial charge in [-0.15, -0.1) is 0 Å². The van der Waals surface area contributed by atoms with E-state index in [1.54, 1.807) is 12.4 Å². The highest BCUT2D eigenvalue weighted by Gasteiger charge is 2.23. The van der Waals surface area contributed by atoms with E-state index in [2.05, 4.69) is 22.1 Å². The number of aliphatic imine (C=N–C) groups is 1. The average Bonchev–Trinajstić information content (AvgIpc) is 2.81. The van der Waals surface area contributed by atoms with Gasteiger partial charge in [-0.3, -0.25) is 0 Å². The van der Waals surface area contributed by atoms with Crippen molar-refractivity contribution in [3.8, 4) is 0 Å². The highest BCUT2D eigenvalue weighted by atomic mass is 16.3. The van der Waals surface area contributed by atoms with E-state index in [1.807, 2.05) is 23.1 Å². The van der Waals surface area contributed by atoms with E-state index < -0.39 is 6.23 Å². The van der Waals surface area contributed by atoms with Crippen LogP contribution in [0.1, 0.15) is 17.4 Å². The van der Waals surface area contributed by atoms with E-state index in [4.69, 9.17) is 5.73 Å². The van der Waals surface area contributed by atoms with Gasteiger partial charge in [0.2, 0.25) is 0 Å². The number of aromatic amines is 1. The molecule has 1 aliphatic rings. The summed E-state index contributed by atoms with van der Waals surface area (Å²) in [6.45, 7) is 0.708. The number of aliphatic hydroxyl groups excluding tert-OH is 1. The molecule has 0 saturated heterocycles. The van der Waals surface area contributed by atoms with Crippen LogP contribution in [0.25, 0.3) is 0 Å². The highest BCUT2D eigenvalue weighted by molar-refractivity contribution is 5.68. The van der Waals surface area contributed by atoms with Gasteiger partial charge in [-0.05, 0) is 18.1 Å². The van der Waals surface area contributed by atoms with Crippen LogP contribution in [-0.2, 0) is 6.42 Å². The van der Waals surface area contributed by atoms with Gasteiger partial charge in [-0.2, -0.15) is 0 Å².